The first-order chi connectivity index (χ1) is 11.2. The van der Waals surface area contributed by atoms with Crippen molar-refractivity contribution < 1.29 is 14.3 Å². The number of aromatic nitrogens is 1. The van der Waals surface area contributed by atoms with Gasteiger partial charge in [-0.15, -0.1) is 0 Å². The average Bonchev–Trinajstić information content (AvgIpc) is 3.16. The molecule has 0 bridgehead atoms. The summed E-state index contributed by atoms with van der Waals surface area (Å²) < 4.78 is 11.4. The summed E-state index contributed by atoms with van der Waals surface area (Å²) in [6.45, 7) is 2.69. The molecule has 23 heavy (non-hydrogen) atoms. The largest absolute Gasteiger partial charge is 0.361 e. The number of hydrogen-bond acceptors (Lipinski definition) is 3. The Morgan fingerprint density at radius 3 is 2.74 bits per heavy atom. The quantitative estimate of drug-likeness (QED) is 0.918. The van der Waals surface area contributed by atoms with Gasteiger partial charge in [0.15, 0.2) is 5.79 Å². The van der Waals surface area contributed by atoms with Gasteiger partial charge in [0.2, 0.25) is 5.91 Å². The summed E-state index contributed by atoms with van der Waals surface area (Å²) in [4.78, 5) is 17.7. The number of ether oxygens (including phenoxy) is 2. The van der Waals surface area contributed by atoms with E-state index < -0.39 is 5.79 Å². The summed E-state index contributed by atoms with van der Waals surface area (Å²) in [5.41, 5.74) is 1.97. The molecule has 4 rings (SSSR count). The van der Waals surface area contributed by atoms with E-state index >= 15 is 0 Å². The fourth-order valence-corrected chi connectivity index (χ4v) is 3.63. The van der Waals surface area contributed by atoms with Crippen LogP contribution in [-0.4, -0.2) is 47.9 Å². The molecule has 1 amide bonds. The Morgan fingerprint density at radius 2 is 2.00 bits per heavy atom. The number of aromatic amines is 1. The normalized spacial score (nSPS) is 20.5. The van der Waals surface area contributed by atoms with Crippen LogP contribution in [0.5, 0.6) is 0 Å². The maximum Gasteiger partial charge on any atom is 0.227 e. The lowest BCUT2D eigenvalue weighted by atomic mass is 10.0. The third-order valence-electron chi connectivity index (χ3n) is 4.76. The number of nitrogens with zero attached hydrogens (tertiary/aromatic N) is 1. The van der Waals surface area contributed by atoms with Gasteiger partial charge in [0, 0.05) is 48.1 Å². The van der Waals surface area contributed by atoms with Crippen molar-refractivity contribution in [1.82, 2.24) is 9.88 Å². The van der Waals surface area contributed by atoms with Crippen molar-refractivity contribution in [3.8, 4) is 0 Å². The predicted molar refractivity (Wildman–Crippen MR) is 87.5 cm³/mol. The Morgan fingerprint density at radius 1 is 1.26 bits per heavy atom. The number of carbonyl (C=O) groups excluding carboxylic acids is 1. The lowest BCUT2D eigenvalue weighted by Crippen LogP contribution is -2.47. The number of carbonyl (C=O) groups is 1. The molecule has 0 unspecified atom stereocenters. The number of piperidine rings is 1. The van der Waals surface area contributed by atoms with Gasteiger partial charge >= 0.3 is 0 Å². The number of amides is 1. The van der Waals surface area contributed by atoms with Gasteiger partial charge in [-0.25, -0.2) is 0 Å². The SMILES string of the molecule is O=C(Cc1c[nH]c2cc(Cl)ccc12)N1CCC2(CC1)OCCO2. The minimum Gasteiger partial charge on any atom is -0.361 e. The number of fused-ring (bicyclic) bond motifs is 1. The Kier molecular flexibility index (Phi) is 3.79. The lowest BCUT2D eigenvalue weighted by molar-refractivity contribution is -0.187. The monoisotopic (exact) mass is 334 g/mol. The van der Waals surface area contributed by atoms with Gasteiger partial charge in [0.25, 0.3) is 0 Å². The van der Waals surface area contributed by atoms with Crippen molar-refractivity contribution in [2.75, 3.05) is 26.3 Å². The smallest absolute Gasteiger partial charge is 0.227 e. The van der Waals surface area contributed by atoms with E-state index in [4.69, 9.17) is 21.1 Å². The molecule has 1 aromatic carbocycles. The zero-order valence-corrected chi connectivity index (χ0v) is 13.6. The topological polar surface area (TPSA) is 54.6 Å². The van der Waals surface area contributed by atoms with Crippen LogP contribution in [0.1, 0.15) is 18.4 Å². The molecule has 0 saturated carbocycles. The second-order valence-electron chi connectivity index (χ2n) is 6.17. The molecule has 0 radical (unpaired) electrons. The van der Waals surface area contributed by atoms with Crippen LogP contribution in [0, 0.1) is 0 Å². The zero-order chi connectivity index (χ0) is 15.9. The molecule has 0 aliphatic carbocycles. The van der Waals surface area contributed by atoms with E-state index in [1.807, 2.05) is 29.3 Å². The number of benzene rings is 1. The molecule has 3 heterocycles. The van der Waals surface area contributed by atoms with Gasteiger partial charge < -0.3 is 19.4 Å². The van der Waals surface area contributed by atoms with Crippen molar-refractivity contribution >= 4 is 28.4 Å². The third-order valence-corrected chi connectivity index (χ3v) is 5.00. The first-order valence-corrected chi connectivity index (χ1v) is 8.34. The van der Waals surface area contributed by atoms with Crippen molar-refractivity contribution in [3.63, 3.8) is 0 Å². The molecule has 2 aromatic rings. The van der Waals surface area contributed by atoms with E-state index in [-0.39, 0.29) is 5.91 Å². The van der Waals surface area contributed by atoms with Crippen LogP contribution < -0.4 is 0 Å². The first kappa shape index (κ1) is 15.0. The summed E-state index contributed by atoms with van der Waals surface area (Å²) in [7, 11) is 0. The standard InChI is InChI=1S/C17H19ClN2O3/c18-13-1-2-14-12(11-19-15(14)10-13)9-16(21)20-5-3-17(4-6-20)22-7-8-23-17/h1-2,10-11,19H,3-9H2. The van der Waals surface area contributed by atoms with E-state index in [0.717, 1.165) is 29.3 Å². The number of H-pyrrole nitrogens is 1. The zero-order valence-electron chi connectivity index (χ0n) is 12.8. The summed E-state index contributed by atoms with van der Waals surface area (Å²) in [5, 5.41) is 1.74. The highest BCUT2D eigenvalue weighted by Crippen LogP contribution is 2.31. The minimum absolute atomic E-state index is 0.147. The fraction of sp³-hybridized carbons (Fsp3) is 0.471. The molecule has 6 heteroatoms. The number of halogens is 1. The summed E-state index contributed by atoms with van der Waals surface area (Å²) in [6, 6.07) is 5.69. The molecule has 2 aliphatic heterocycles. The van der Waals surface area contributed by atoms with Crippen LogP contribution in [0.25, 0.3) is 10.9 Å². The average molecular weight is 335 g/mol. The van der Waals surface area contributed by atoms with E-state index in [0.29, 0.717) is 37.7 Å². The number of nitrogens with one attached hydrogen (secondary N) is 1. The van der Waals surface area contributed by atoms with E-state index in [1.54, 1.807) is 0 Å². The van der Waals surface area contributed by atoms with Crippen molar-refractivity contribution in [2.24, 2.45) is 0 Å². The van der Waals surface area contributed by atoms with Gasteiger partial charge in [0.05, 0.1) is 19.6 Å². The molecule has 2 saturated heterocycles. The molecule has 2 fully saturated rings. The Labute approximate surface area is 139 Å². The van der Waals surface area contributed by atoms with Crippen LogP contribution in [0.4, 0.5) is 0 Å². The van der Waals surface area contributed by atoms with Gasteiger partial charge in [-0.1, -0.05) is 17.7 Å². The Bertz CT molecular complexity index is 727. The molecule has 1 spiro atoms. The lowest BCUT2D eigenvalue weighted by Gasteiger charge is -2.37. The van der Waals surface area contributed by atoms with Crippen LogP contribution >= 0.6 is 11.6 Å². The maximum absolute atomic E-state index is 12.6. The summed E-state index contributed by atoms with van der Waals surface area (Å²) in [6.07, 6.45) is 3.80. The van der Waals surface area contributed by atoms with Gasteiger partial charge in [-0.3, -0.25) is 4.79 Å². The van der Waals surface area contributed by atoms with Crippen molar-refractivity contribution in [3.05, 3.63) is 35.0 Å². The molecular weight excluding hydrogens is 316 g/mol. The van der Waals surface area contributed by atoms with Gasteiger partial charge in [-0.2, -0.15) is 0 Å². The molecule has 1 N–H and O–H groups in total. The highest BCUT2D eigenvalue weighted by atomic mass is 35.5. The van der Waals surface area contributed by atoms with Crippen molar-refractivity contribution in [1.29, 1.82) is 0 Å². The molecule has 1 aromatic heterocycles. The fourth-order valence-electron chi connectivity index (χ4n) is 3.46. The van der Waals surface area contributed by atoms with Gasteiger partial charge in [0.1, 0.15) is 0 Å². The van der Waals surface area contributed by atoms with Crippen LogP contribution in [0.3, 0.4) is 0 Å². The van der Waals surface area contributed by atoms with Gasteiger partial charge in [-0.05, 0) is 17.7 Å². The van der Waals surface area contributed by atoms with E-state index in [2.05, 4.69) is 4.98 Å². The van der Waals surface area contributed by atoms with E-state index in [1.165, 1.54) is 0 Å². The van der Waals surface area contributed by atoms with Crippen LogP contribution in [0.15, 0.2) is 24.4 Å². The highest BCUT2D eigenvalue weighted by Gasteiger charge is 2.40. The second-order valence-corrected chi connectivity index (χ2v) is 6.61. The molecular formula is C17H19ClN2O3. The summed E-state index contributed by atoms with van der Waals surface area (Å²) >= 11 is 6.00. The second kappa shape index (κ2) is 5.82. The van der Waals surface area contributed by atoms with E-state index in [9.17, 15) is 4.79 Å². The number of hydrogen-bond donors (Lipinski definition) is 1. The molecule has 5 nitrogen and oxygen atoms in total. The predicted octanol–water partition coefficient (Wildman–Crippen LogP) is 2.73. The molecule has 0 atom stereocenters. The highest BCUT2D eigenvalue weighted by molar-refractivity contribution is 6.31. The van der Waals surface area contributed by atoms with Crippen LogP contribution in [0.2, 0.25) is 5.02 Å². The first-order valence-electron chi connectivity index (χ1n) is 7.96. The Balaban J connectivity index is 1.43. The molecule has 2 aliphatic rings. The third kappa shape index (κ3) is 2.84. The minimum atomic E-state index is -0.436. The summed E-state index contributed by atoms with van der Waals surface area (Å²) in [5.74, 6) is -0.289. The number of rotatable bonds is 2. The molecule has 122 valence electrons. The van der Waals surface area contributed by atoms with Crippen LogP contribution in [-0.2, 0) is 20.7 Å². The maximum atomic E-state index is 12.6. The Hall–Kier alpha value is -1.56. The van der Waals surface area contributed by atoms with Crippen molar-refractivity contribution in [2.45, 2.75) is 25.0 Å². The number of likely N-dealkylation sites (tertiary alicyclic amines) is 1.